The van der Waals surface area contributed by atoms with Crippen LogP contribution in [0.1, 0.15) is 57.5 Å². The van der Waals surface area contributed by atoms with Crippen molar-refractivity contribution < 1.29 is 0 Å². The maximum Gasteiger partial charge on any atom is 0.0206 e. The molecule has 0 aliphatic heterocycles. The average Bonchev–Trinajstić information content (AvgIpc) is 2.61. The van der Waals surface area contributed by atoms with Crippen LogP contribution in [-0.4, -0.2) is 4.57 Å². The first-order valence-electron chi connectivity index (χ1n) is 6.43. The van der Waals surface area contributed by atoms with Crippen LogP contribution in [-0.2, 0) is 19.9 Å². The van der Waals surface area contributed by atoms with Crippen molar-refractivity contribution in [3.05, 3.63) is 23.0 Å². The second-order valence-corrected chi connectivity index (χ2v) is 3.52. The third kappa shape index (κ3) is 3.40. The molecule has 88 valence electrons. The van der Waals surface area contributed by atoms with Crippen molar-refractivity contribution in [1.29, 1.82) is 0 Å². The van der Waals surface area contributed by atoms with E-state index < -0.39 is 0 Å². The zero-order valence-electron chi connectivity index (χ0n) is 11.4. The van der Waals surface area contributed by atoms with Gasteiger partial charge in [0, 0.05) is 18.4 Å². The summed E-state index contributed by atoms with van der Waals surface area (Å²) in [6.07, 6.45) is 5.36. The summed E-state index contributed by atoms with van der Waals surface area (Å²) in [5.74, 6) is 0. The Labute approximate surface area is 95.5 Å². The van der Waals surface area contributed by atoms with Crippen LogP contribution in [0.2, 0.25) is 0 Å². The minimum Gasteiger partial charge on any atom is -0.352 e. The Kier molecular flexibility index (Phi) is 7.19. The Hall–Kier alpha value is -0.720. The third-order valence-electron chi connectivity index (χ3n) is 2.80. The summed E-state index contributed by atoms with van der Waals surface area (Å²) >= 11 is 0. The van der Waals surface area contributed by atoms with Gasteiger partial charge in [-0.15, -0.1) is 0 Å². The predicted octanol–water partition coefficient (Wildman–Crippen LogP) is 4.26. The number of hydrogen-bond acceptors (Lipinski definition) is 0. The summed E-state index contributed by atoms with van der Waals surface area (Å²) in [4.78, 5) is 0. The van der Waals surface area contributed by atoms with E-state index >= 15 is 0 Å². The topological polar surface area (TPSA) is 4.93 Å². The summed E-state index contributed by atoms with van der Waals surface area (Å²) < 4.78 is 2.34. The fraction of sp³-hybridized carbons (Fsp3) is 0.714. The molecule has 0 fully saturated rings. The molecular weight excluding hydrogens is 182 g/mol. The van der Waals surface area contributed by atoms with Gasteiger partial charge in [-0.1, -0.05) is 27.7 Å². The highest BCUT2D eigenvalue weighted by Crippen LogP contribution is 2.23. The zero-order chi connectivity index (χ0) is 11.8. The summed E-state index contributed by atoms with van der Waals surface area (Å²) in [5.41, 5.74) is 4.59. The molecule has 0 spiro atoms. The van der Waals surface area contributed by atoms with E-state index in [2.05, 4.69) is 24.6 Å². The van der Waals surface area contributed by atoms with Crippen molar-refractivity contribution in [2.75, 3.05) is 0 Å². The fourth-order valence-corrected chi connectivity index (χ4v) is 2.01. The van der Waals surface area contributed by atoms with Crippen molar-refractivity contribution in [2.45, 2.75) is 60.3 Å². The lowest BCUT2D eigenvalue weighted by atomic mass is 9.98. The smallest absolute Gasteiger partial charge is 0.0206 e. The number of aromatic nitrogens is 1. The highest BCUT2D eigenvalue weighted by molar-refractivity contribution is 5.29. The van der Waals surface area contributed by atoms with E-state index in [0.717, 1.165) is 0 Å². The number of rotatable bonds is 0. The summed E-state index contributed by atoms with van der Waals surface area (Å²) in [6.45, 7) is 10.2. The van der Waals surface area contributed by atoms with Crippen LogP contribution in [0.3, 0.4) is 0 Å². The molecule has 1 aliphatic carbocycles. The fourth-order valence-electron chi connectivity index (χ4n) is 2.01. The molecule has 1 aromatic rings. The first kappa shape index (κ1) is 14.3. The van der Waals surface area contributed by atoms with Crippen LogP contribution in [0.15, 0.2) is 6.07 Å². The molecule has 1 nitrogen and oxygen atoms in total. The van der Waals surface area contributed by atoms with Crippen LogP contribution >= 0.6 is 0 Å². The molecule has 1 aromatic heterocycles. The van der Waals surface area contributed by atoms with Gasteiger partial charge < -0.3 is 4.57 Å². The Morgan fingerprint density at radius 1 is 1.00 bits per heavy atom. The third-order valence-corrected chi connectivity index (χ3v) is 2.80. The molecule has 0 bridgehead atoms. The normalized spacial score (nSPS) is 12.9. The number of nitrogens with zero attached hydrogens (tertiary/aromatic N) is 1. The van der Waals surface area contributed by atoms with Gasteiger partial charge in [0.15, 0.2) is 0 Å². The molecule has 0 N–H and O–H groups in total. The van der Waals surface area contributed by atoms with Gasteiger partial charge >= 0.3 is 0 Å². The van der Waals surface area contributed by atoms with E-state index in [4.69, 9.17) is 0 Å². The van der Waals surface area contributed by atoms with Gasteiger partial charge in [0.1, 0.15) is 0 Å². The molecule has 1 heterocycles. The largest absolute Gasteiger partial charge is 0.352 e. The van der Waals surface area contributed by atoms with Gasteiger partial charge in [-0.25, -0.2) is 0 Å². The molecule has 0 saturated heterocycles. The molecule has 1 heteroatoms. The predicted molar refractivity (Wildman–Crippen MR) is 69.5 cm³/mol. The first-order valence-corrected chi connectivity index (χ1v) is 6.43. The number of aryl methyl sites for hydroxylation is 2. The Morgan fingerprint density at radius 3 is 2.07 bits per heavy atom. The second kappa shape index (κ2) is 7.56. The van der Waals surface area contributed by atoms with Crippen LogP contribution < -0.4 is 0 Å². The quantitative estimate of drug-likeness (QED) is 0.601. The van der Waals surface area contributed by atoms with Crippen molar-refractivity contribution in [3.63, 3.8) is 0 Å². The maximum atomic E-state index is 2.34. The molecule has 15 heavy (non-hydrogen) atoms. The molecule has 0 aromatic carbocycles. The highest BCUT2D eigenvalue weighted by atomic mass is 15.0. The van der Waals surface area contributed by atoms with Gasteiger partial charge in [0.05, 0.1) is 0 Å². The van der Waals surface area contributed by atoms with E-state index in [-0.39, 0.29) is 0 Å². The lowest BCUT2D eigenvalue weighted by Crippen LogP contribution is -2.05. The number of fused-ring (bicyclic) bond motifs is 1. The standard InChI is InChI=1S/C10H15N.2C2H6/c1-8-7-9-5-3-4-6-10(9)11(8)2;2*1-2/h7H,3-6H2,1-2H3;2*1-2H3. The molecule has 0 amide bonds. The van der Waals surface area contributed by atoms with Gasteiger partial charge in [0.2, 0.25) is 0 Å². The van der Waals surface area contributed by atoms with Crippen molar-refractivity contribution in [3.8, 4) is 0 Å². The first-order chi connectivity index (χ1) is 7.29. The maximum absolute atomic E-state index is 2.34. The lowest BCUT2D eigenvalue weighted by molar-refractivity contribution is 0.645. The molecule has 2 rings (SSSR count). The highest BCUT2D eigenvalue weighted by Gasteiger charge is 2.13. The summed E-state index contributed by atoms with van der Waals surface area (Å²) in [5, 5.41) is 0. The Morgan fingerprint density at radius 2 is 1.53 bits per heavy atom. The Balaban J connectivity index is 0.000000442. The van der Waals surface area contributed by atoms with Crippen LogP contribution in [0.4, 0.5) is 0 Å². The minimum atomic E-state index is 1.29. The van der Waals surface area contributed by atoms with Crippen LogP contribution in [0.5, 0.6) is 0 Å². The molecule has 0 saturated carbocycles. The number of hydrogen-bond donors (Lipinski definition) is 0. The summed E-state index contributed by atoms with van der Waals surface area (Å²) in [6, 6.07) is 2.34. The molecule has 0 radical (unpaired) electrons. The van der Waals surface area contributed by atoms with Crippen LogP contribution in [0.25, 0.3) is 0 Å². The van der Waals surface area contributed by atoms with Crippen LogP contribution in [0, 0.1) is 6.92 Å². The minimum absolute atomic E-state index is 1.29. The molecule has 0 unspecified atom stereocenters. The molecule has 0 atom stereocenters. The summed E-state index contributed by atoms with van der Waals surface area (Å²) in [7, 11) is 2.18. The van der Waals surface area contributed by atoms with E-state index in [1.807, 2.05) is 27.7 Å². The van der Waals surface area contributed by atoms with E-state index in [9.17, 15) is 0 Å². The SMILES string of the molecule is CC.CC.Cc1cc2c(n1C)CCCC2. The van der Waals surface area contributed by atoms with E-state index in [1.165, 1.54) is 31.4 Å². The van der Waals surface area contributed by atoms with Gasteiger partial charge in [-0.05, 0) is 44.2 Å². The van der Waals surface area contributed by atoms with Crippen molar-refractivity contribution in [1.82, 2.24) is 4.57 Å². The Bertz CT molecular complexity index is 271. The van der Waals surface area contributed by atoms with Gasteiger partial charge in [-0.2, -0.15) is 0 Å². The van der Waals surface area contributed by atoms with Gasteiger partial charge in [-0.3, -0.25) is 0 Å². The van der Waals surface area contributed by atoms with E-state index in [1.54, 1.807) is 11.3 Å². The molecule has 1 aliphatic rings. The van der Waals surface area contributed by atoms with Crippen molar-refractivity contribution >= 4 is 0 Å². The van der Waals surface area contributed by atoms with Crippen molar-refractivity contribution in [2.24, 2.45) is 7.05 Å². The average molecular weight is 209 g/mol. The zero-order valence-corrected chi connectivity index (χ0v) is 11.4. The monoisotopic (exact) mass is 209 g/mol. The molecular formula is C14H27N. The lowest BCUT2D eigenvalue weighted by Gasteiger charge is -2.12. The second-order valence-electron chi connectivity index (χ2n) is 3.52. The van der Waals surface area contributed by atoms with E-state index in [0.29, 0.717) is 0 Å². The van der Waals surface area contributed by atoms with Gasteiger partial charge in [0.25, 0.3) is 0 Å².